The maximum atomic E-state index is 13.9. The van der Waals surface area contributed by atoms with Crippen molar-refractivity contribution in [2.24, 2.45) is 0 Å². The number of carbonyl (C=O) groups excluding carboxylic acids is 1. The molecule has 0 bridgehead atoms. The van der Waals surface area contributed by atoms with Crippen LogP contribution in [-0.4, -0.2) is 23.4 Å². The summed E-state index contributed by atoms with van der Waals surface area (Å²) in [5.41, 5.74) is 1.45. The normalized spacial score (nSPS) is 15.2. The number of nitrogens with one attached hydrogen (secondary N) is 1. The van der Waals surface area contributed by atoms with Gasteiger partial charge in [-0.2, -0.15) is 0 Å². The monoisotopic (exact) mass is 344 g/mol. The summed E-state index contributed by atoms with van der Waals surface area (Å²) in [6, 6.07) is 12.9. The van der Waals surface area contributed by atoms with Crippen LogP contribution in [0.5, 0.6) is 0 Å². The molecule has 1 amide bonds. The molecule has 3 rings (SSSR count). The lowest BCUT2D eigenvalue weighted by Gasteiger charge is -2.23. The zero-order chi connectivity index (χ0) is 17.8. The quantitative estimate of drug-likeness (QED) is 0.828. The summed E-state index contributed by atoms with van der Waals surface area (Å²) in [5.74, 6) is -0.652. The fourth-order valence-corrected chi connectivity index (χ4v) is 2.91. The summed E-state index contributed by atoms with van der Waals surface area (Å²) in [7, 11) is 0. The minimum atomic E-state index is -0.299. The second-order valence-electron chi connectivity index (χ2n) is 6.57. The Hall–Kier alpha value is -2.27. The van der Waals surface area contributed by atoms with Crippen molar-refractivity contribution in [3.05, 3.63) is 71.3 Å². The molecule has 2 aromatic carbocycles. The number of carbonyl (C=O) groups is 1. The van der Waals surface area contributed by atoms with E-state index in [1.165, 1.54) is 18.2 Å². The molecule has 0 aromatic heterocycles. The van der Waals surface area contributed by atoms with E-state index in [1.807, 2.05) is 11.8 Å². The highest BCUT2D eigenvalue weighted by molar-refractivity contribution is 5.78. The van der Waals surface area contributed by atoms with Gasteiger partial charge >= 0.3 is 0 Å². The second kappa shape index (κ2) is 7.74. The van der Waals surface area contributed by atoms with Gasteiger partial charge < -0.3 is 5.32 Å². The van der Waals surface area contributed by atoms with Crippen molar-refractivity contribution < 1.29 is 13.6 Å². The Balaban J connectivity index is 1.59. The summed E-state index contributed by atoms with van der Waals surface area (Å²) in [5, 5.41) is 2.93. The summed E-state index contributed by atoms with van der Waals surface area (Å²) in [4.78, 5) is 14.4. The van der Waals surface area contributed by atoms with Crippen LogP contribution in [0.4, 0.5) is 8.78 Å². The average molecular weight is 344 g/mol. The lowest BCUT2D eigenvalue weighted by molar-refractivity contribution is -0.123. The van der Waals surface area contributed by atoms with Gasteiger partial charge in [0, 0.05) is 18.2 Å². The summed E-state index contributed by atoms with van der Waals surface area (Å²) in [6.07, 6.45) is 2.07. The van der Waals surface area contributed by atoms with E-state index in [0.717, 1.165) is 18.4 Å². The van der Waals surface area contributed by atoms with Gasteiger partial charge in [-0.25, -0.2) is 8.78 Å². The average Bonchev–Trinajstić information content (AvgIpc) is 3.41. The molecule has 0 saturated heterocycles. The van der Waals surface area contributed by atoms with Gasteiger partial charge in [0.05, 0.1) is 12.6 Å². The molecule has 2 aromatic rings. The van der Waals surface area contributed by atoms with E-state index >= 15 is 0 Å². The van der Waals surface area contributed by atoms with E-state index < -0.39 is 0 Å². The molecule has 0 aliphatic heterocycles. The molecule has 1 fully saturated rings. The van der Waals surface area contributed by atoms with Crippen LogP contribution >= 0.6 is 0 Å². The molecule has 0 spiro atoms. The van der Waals surface area contributed by atoms with Gasteiger partial charge in [0.25, 0.3) is 0 Å². The molecule has 1 saturated carbocycles. The molecule has 25 heavy (non-hydrogen) atoms. The van der Waals surface area contributed by atoms with Gasteiger partial charge in [-0.1, -0.05) is 30.3 Å². The van der Waals surface area contributed by atoms with E-state index in [2.05, 4.69) is 5.32 Å². The van der Waals surface area contributed by atoms with Gasteiger partial charge in [0.1, 0.15) is 11.6 Å². The molecule has 132 valence electrons. The first-order valence-corrected chi connectivity index (χ1v) is 8.55. The maximum Gasteiger partial charge on any atom is 0.234 e. The van der Waals surface area contributed by atoms with Gasteiger partial charge in [-0.3, -0.25) is 9.69 Å². The first-order valence-electron chi connectivity index (χ1n) is 8.55. The van der Waals surface area contributed by atoms with E-state index in [4.69, 9.17) is 0 Å². The number of amides is 1. The molecular formula is C20H22F2N2O. The zero-order valence-corrected chi connectivity index (χ0v) is 14.2. The molecular weight excluding hydrogens is 322 g/mol. The predicted octanol–water partition coefficient (Wildman–Crippen LogP) is 3.81. The Morgan fingerprint density at radius 2 is 1.84 bits per heavy atom. The Kier molecular flexibility index (Phi) is 5.43. The van der Waals surface area contributed by atoms with Crippen LogP contribution in [0.15, 0.2) is 48.5 Å². The smallest absolute Gasteiger partial charge is 0.234 e. The SMILES string of the molecule is CC(NC(=O)CN(Cc1ccccc1F)C1CC1)c1ccc(F)cc1. The van der Waals surface area contributed by atoms with E-state index in [0.29, 0.717) is 18.2 Å². The molecule has 1 unspecified atom stereocenters. The van der Waals surface area contributed by atoms with Gasteiger partial charge in [0.15, 0.2) is 0 Å². The van der Waals surface area contributed by atoms with E-state index in [9.17, 15) is 13.6 Å². The van der Waals surface area contributed by atoms with Crippen molar-refractivity contribution in [2.75, 3.05) is 6.54 Å². The van der Waals surface area contributed by atoms with Crippen molar-refractivity contribution in [1.82, 2.24) is 10.2 Å². The predicted molar refractivity (Wildman–Crippen MR) is 92.8 cm³/mol. The minimum Gasteiger partial charge on any atom is -0.348 e. The van der Waals surface area contributed by atoms with Crippen LogP contribution in [0.25, 0.3) is 0 Å². The largest absolute Gasteiger partial charge is 0.348 e. The third-order valence-corrected chi connectivity index (χ3v) is 4.49. The fraction of sp³-hybridized carbons (Fsp3) is 0.350. The van der Waals surface area contributed by atoms with Crippen LogP contribution in [-0.2, 0) is 11.3 Å². The minimum absolute atomic E-state index is 0.111. The number of rotatable bonds is 7. The first kappa shape index (κ1) is 17.5. The lowest BCUT2D eigenvalue weighted by atomic mass is 10.1. The topological polar surface area (TPSA) is 32.3 Å². The molecule has 1 aliphatic rings. The maximum absolute atomic E-state index is 13.9. The third-order valence-electron chi connectivity index (χ3n) is 4.49. The number of hydrogen-bond donors (Lipinski definition) is 1. The first-order chi connectivity index (χ1) is 12.0. The molecule has 1 aliphatic carbocycles. The molecule has 0 radical (unpaired) electrons. The highest BCUT2D eigenvalue weighted by Crippen LogP contribution is 2.28. The van der Waals surface area contributed by atoms with E-state index in [-0.39, 0.29) is 30.1 Å². The summed E-state index contributed by atoms with van der Waals surface area (Å²) >= 11 is 0. The Morgan fingerprint density at radius 1 is 1.16 bits per heavy atom. The second-order valence-corrected chi connectivity index (χ2v) is 6.57. The van der Waals surface area contributed by atoms with E-state index in [1.54, 1.807) is 30.3 Å². The Bertz CT molecular complexity index is 729. The van der Waals surface area contributed by atoms with Gasteiger partial charge in [-0.05, 0) is 43.5 Å². The summed E-state index contributed by atoms with van der Waals surface area (Å²) in [6.45, 7) is 2.52. The van der Waals surface area contributed by atoms with Crippen molar-refractivity contribution in [1.29, 1.82) is 0 Å². The van der Waals surface area contributed by atoms with Crippen LogP contribution in [0.3, 0.4) is 0 Å². The van der Waals surface area contributed by atoms with Crippen molar-refractivity contribution in [2.45, 2.75) is 38.4 Å². The van der Waals surface area contributed by atoms with Crippen LogP contribution < -0.4 is 5.32 Å². The summed E-state index contributed by atoms with van der Waals surface area (Å²) < 4.78 is 26.9. The number of benzene rings is 2. The molecule has 1 N–H and O–H groups in total. The standard InChI is InChI=1S/C20H22F2N2O/c1-14(15-6-8-17(21)9-7-15)23-20(25)13-24(18-10-11-18)12-16-4-2-3-5-19(16)22/h2-9,14,18H,10-13H2,1H3,(H,23,25). The number of nitrogens with zero attached hydrogens (tertiary/aromatic N) is 1. The van der Waals surface area contributed by atoms with Crippen molar-refractivity contribution in [3.8, 4) is 0 Å². The third kappa shape index (κ3) is 4.86. The molecule has 1 atom stereocenters. The molecule has 0 heterocycles. The fourth-order valence-electron chi connectivity index (χ4n) is 2.91. The van der Waals surface area contributed by atoms with Crippen molar-refractivity contribution >= 4 is 5.91 Å². The zero-order valence-electron chi connectivity index (χ0n) is 14.2. The van der Waals surface area contributed by atoms with Crippen LogP contribution in [0.2, 0.25) is 0 Å². The highest BCUT2D eigenvalue weighted by atomic mass is 19.1. The molecule has 3 nitrogen and oxygen atoms in total. The van der Waals surface area contributed by atoms with Crippen molar-refractivity contribution in [3.63, 3.8) is 0 Å². The Morgan fingerprint density at radius 3 is 2.48 bits per heavy atom. The van der Waals surface area contributed by atoms with Gasteiger partial charge in [0.2, 0.25) is 5.91 Å². The lowest BCUT2D eigenvalue weighted by Crippen LogP contribution is -2.39. The number of hydrogen-bond acceptors (Lipinski definition) is 2. The highest BCUT2D eigenvalue weighted by Gasteiger charge is 2.31. The van der Waals surface area contributed by atoms with Crippen LogP contribution in [0, 0.1) is 11.6 Å². The molecule has 5 heteroatoms. The van der Waals surface area contributed by atoms with Gasteiger partial charge in [-0.15, -0.1) is 0 Å². The number of halogens is 2. The van der Waals surface area contributed by atoms with Crippen LogP contribution in [0.1, 0.15) is 36.9 Å². The Labute approximate surface area is 146 Å².